The Morgan fingerprint density at radius 2 is 2.15 bits per heavy atom. The van der Waals surface area contributed by atoms with Gasteiger partial charge in [0.2, 0.25) is 0 Å². The predicted octanol–water partition coefficient (Wildman–Crippen LogP) is 2.71. The summed E-state index contributed by atoms with van der Waals surface area (Å²) >= 11 is 5.69. The van der Waals surface area contributed by atoms with E-state index in [1.165, 1.54) is 12.1 Å². The number of benzene rings is 1. The van der Waals surface area contributed by atoms with Crippen LogP contribution < -0.4 is 0 Å². The van der Waals surface area contributed by atoms with E-state index in [1.807, 2.05) is 0 Å². The van der Waals surface area contributed by atoms with Gasteiger partial charge in [-0.1, -0.05) is 17.7 Å². The first-order chi connectivity index (χ1) is 9.40. The van der Waals surface area contributed by atoms with E-state index in [0.29, 0.717) is 11.1 Å². The van der Waals surface area contributed by atoms with Crippen molar-refractivity contribution >= 4 is 23.3 Å². The van der Waals surface area contributed by atoms with E-state index in [2.05, 4.69) is 9.97 Å². The number of nitrogens with zero attached hydrogens (tertiary/aromatic N) is 3. The summed E-state index contributed by atoms with van der Waals surface area (Å²) in [6.07, 6.45) is 1.16. The largest absolute Gasteiger partial charge is 0.476 e. The minimum Gasteiger partial charge on any atom is -0.476 e. The lowest BCUT2D eigenvalue weighted by Gasteiger charge is -2.06. The van der Waals surface area contributed by atoms with Gasteiger partial charge in [0.15, 0.2) is 11.5 Å². The van der Waals surface area contributed by atoms with Crippen LogP contribution in [0.2, 0.25) is 5.02 Å². The molecule has 0 aliphatic rings. The average molecular weight is 294 g/mol. The highest BCUT2D eigenvalue weighted by atomic mass is 35.5. The number of carboxylic acids is 1. The topological polar surface area (TPSA) is 106 Å². The minimum absolute atomic E-state index is 0.0769. The number of non-ortho nitro benzene ring substituents is 1. The van der Waals surface area contributed by atoms with Crippen molar-refractivity contribution in [1.29, 1.82) is 0 Å². The summed E-state index contributed by atoms with van der Waals surface area (Å²) in [4.78, 5) is 29.0. The standard InChI is InChI=1S/C12H8ClN3O4/c1-6-2-3-7(16(19)20)4-8(6)11-14-5-9(13)10(15-11)12(17)18/h2-5H,1H3,(H,17,18). The van der Waals surface area contributed by atoms with E-state index in [4.69, 9.17) is 16.7 Å². The maximum absolute atomic E-state index is 11.0. The van der Waals surface area contributed by atoms with Crippen LogP contribution in [0.4, 0.5) is 5.69 Å². The Hall–Kier alpha value is -2.54. The third-order valence-corrected chi connectivity index (χ3v) is 2.90. The quantitative estimate of drug-likeness (QED) is 0.689. The SMILES string of the molecule is Cc1ccc([N+](=O)[O-])cc1-c1ncc(Cl)c(C(=O)O)n1. The van der Waals surface area contributed by atoms with Crippen LogP contribution in [0, 0.1) is 17.0 Å². The summed E-state index contributed by atoms with van der Waals surface area (Å²) in [5.41, 5.74) is 0.608. The first-order valence-electron chi connectivity index (χ1n) is 5.41. The summed E-state index contributed by atoms with van der Waals surface area (Å²) in [6, 6.07) is 4.20. The van der Waals surface area contributed by atoms with Gasteiger partial charge in [0, 0.05) is 17.7 Å². The molecule has 0 unspecified atom stereocenters. The first-order valence-corrected chi connectivity index (χ1v) is 5.79. The van der Waals surface area contributed by atoms with Crippen molar-refractivity contribution in [2.75, 3.05) is 0 Å². The highest BCUT2D eigenvalue weighted by molar-refractivity contribution is 6.33. The Morgan fingerprint density at radius 3 is 2.75 bits per heavy atom. The van der Waals surface area contributed by atoms with Crippen LogP contribution >= 0.6 is 11.6 Å². The fraction of sp³-hybridized carbons (Fsp3) is 0.0833. The summed E-state index contributed by atoms with van der Waals surface area (Å²) in [7, 11) is 0. The molecule has 20 heavy (non-hydrogen) atoms. The van der Waals surface area contributed by atoms with E-state index < -0.39 is 10.9 Å². The normalized spacial score (nSPS) is 10.3. The first kappa shape index (κ1) is 13.9. The van der Waals surface area contributed by atoms with Gasteiger partial charge in [-0.3, -0.25) is 10.1 Å². The van der Waals surface area contributed by atoms with Crippen molar-refractivity contribution in [3.8, 4) is 11.4 Å². The van der Waals surface area contributed by atoms with Crippen molar-refractivity contribution in [2.24, 2.45) is 0 Å². The van der Waals surface area contributed by atoms with Crippen molar-refractivity contribution in [2.45, 2.75) is 6.92 Å². The molecular formula is C12H8ClN3O4. The molecule has 0 bridgehead atoms. The van der Waals surface area contributed by atoms with Gasteiger partial charge in [0.25, 0.3) is 5.69 Å². The molecule has 0 aliphatic heterocycles. The second kappa shape index (κ2) is 5.22. The van der Waals surface area contributed by atoms with Crippen molar-refractivity contribution in [3.05, 3.63) is 50.8 Å². The number of carbonyl (C=O) groups is 1. The summed E-state index contributed by atoms with van der Waals surface area (Å²) in [5.74, 6) is -1.21. The Bertz CT molecular complexity index is 718. The van der Waals surface area contributed by atoms with Crippen molar-refractivity contribution in [1.82, 2.24) is 9.97 Å². The lowest BCUT2D eigenvalue weighted by molar-refractivity contribution is -0.384. The molecule has 0 amide bonds. The van der Waals surface area contributed by atoms with Crippen LogP contribution in [0.3, 0.4) is 0 Å². The Kier molecular flexibility index (Phi) is 3.62. The van der Waals surface area contributed by atoms with E-state index in [9.17, 15) is 14.9 Å². The molecule has 0 radical (unpaired) electrons. The maximum atomic E-state index is 11.0. The molecule has 2 aromatic rings. The second-order valence-electron chi connectivity index (χ2n) is 3.95. The summed E-state index contributed by atoms with van der Waals surface area (Å²) in [6.45, 7) is 1.72. The van der Waals surface area contributed by atoms with Crippen molar-refractivity contribution < 1.29 is 14.8 Å². The molecule has 0 saturated heterocycles. The van der Waals surface area contributed by atoms with Crippen LogP contribution in [0.1, 0.15) is 16.1 Å². The third-order valence-electron chi connectivity index (χ3n) is 2.62. The number of aromatic nitrogens is 2. The molecule has 0 aliphatic carbocycles. The fourth-order valence-corrected chi connectivity index (χ4v) is 1.78. The van der Waals surface area contributed by atoms with Crippen LogP contribution in [0.15, 0.2) is 24.4 Å². The van der Waals surface area contributed by atoms with Crippen LogP contribution in [0.25, 0.3) is 11.4 Å². The number of nitro groups is 1. The zero-order valence-electron chi connectivity index (χ0n) is 10.2. The van der Waals surface area contributed by atoms with Gasteiger partial charge in [0.1, 0.15) is 0 Å². The lowest BCUT2D eigenvalue weighted by atomic mass is 10.1. The van der Waals surface area contributed by atoms with E-state index in [-0.39, 0.29) is 22.2 Å². The van der Waals surface area contributed by atoms with Gasteiger partial charge in [-0.2, -0.15) is 0 Å². The third kappa shape index (κ3) is 2.57. The number of aryl methyl sites for hydroxylation is 1. The lowest BCUT2D eigenvalue weighted by Crippen LogP contribution is -2.04. The number of carboxylic acid groups (broad SMARTS) is 1. The number of rotatable bonds is 3. The van der Waals surface area contributed by atoms with E-state index in [1.54, 1.807) is 13.0 Å². The van der Waals surface area contributed by atoms with Gasteiger partial charge in [0.05, 0.1) is 16.1 Å². The molecule has 1 aromatic heterocycles. The number of nitro benzene ring substituents is 1. The molecule has 0 saturated carbocycles. The second-order valence-corrected chi connectivity index (χ2v) is 4.36. The fourth-order valence-electron chi connectivity index (χ4n) is 1.61. The van der Waals surface area contributed by atoms with E-state index >= 15 is 0 Å². The zero-order valence-corrected chi connectivity index (χ0v) is 11.0. The molecule has 1 aromatic carbocycles. The Balaban J connectivity index is 2.62. The van der Waals surface area contributed by atoms with Crippen LogP contribution in [-0.4, -0.2) is 26.0 Å². The zero-order chi connectivity index (χ0) is 14.9. The Labute approximate surface area is 118 Å². The molecule has 0 fully saturated rings. The molecule has 102 valence electrons. The molecular weight excluding hydrogens is 286 g/mol. The van der Waals surface area contributed by atoms with Gasteiger partial charge < -0.3 is 5.11 Å². The number of aromatic carboxylic acids is 1. The molecule has 0 atom stereocenters. The molecule has 0 spiro atoms. The highest BCUT2D eigenvalue weighted by Gasteiger charge is 2.16. The van der Waals surface area contributed by atoms with Gasteiger partial charge in [-0.05, 0) is 12.5 Å². The number of halogens is 1. The molecule has 2 rings (SSSR count). The molecule has 1 heterocycles. The van der Waals surface area contributed by atoms with E-state index in [0.717, 1.165) is 6.20 Å². The summed E-state index contributed by atoms with van der Waals surface area (Å²) in [5, 5.41) is 19.6. The molecule has 7 nitrogen and oxygen atoms in total. The number of hydrogen-bond acceptors (Lipinski definition) is 5. The van der Waals surface area contributed by atoms with Gasteiger partial charge in [-0.25, -0.2) is 14.8 Å². The molecule has 1 N–H and O–H groups in total. The monoisotopic (exact) mass is 293 g/mol. The predicted molar refractivity (Wildman–Crippen MR) is 70.8 cm³/mol. The van der Waals surface area contributed by atoms with Crippen LogP contribution in [-0.2, 0) is 0 Å². The summed E-state index contributed by atoms with van der Waals surface area (Å²) < 4.78 is 0. The minimum atomic E-state index is -1.29. The van der Waals surface area contributed by atoms with Crippen molar-refractivity contribution in [3.63, 3.8) is 0 Å². The Morgan fingerprint density at radius 1 is 1.45 bits per heavy atom. The van der Waals surface area contributed by atoms with Crippen LogP contribution in [0.5, 0.6) is 0 Å². The average Bonchev–Trinajstić information content (AvgIpc) is 2.39. The van der Waals surface area contributed by atoms with Gasteiger partial charge in [-0.15, -0.1) is 0 Å². The molecule has 8 heteroatoms. The highest BCUT2D eigenvalue weighted by Crippen LogP contribution is 2.26. The smallest absolute Gasteiger partial charge is 0.356 e. The maximum Gasteiger partial charge on any atom is 0.356 e. The van der Waals surface area contributed by atoms with Gasteiger partial charge >= 0.3 is 5.97 Å². The number of hydrogen-bond donors (Lipinski definition) is 1.